The van der Waals surface area contributed by atoms with Crippen LogP contribution in [-0.4, -0.2) is 74.7 Å². The van der Waals surface area contributed by atoms with Gasteiger partial charge in [-0.05, 0) is 31.3 Å². The number of guanidine groups is 1. The molecule has 1 aliphatic heterocycles. The Bertz CT molecular complexity index is 559. The van der Waals surface area contributed by atoms with Gasteiger partial charge in [-0.3, -0.25) is 9.89 Å². The predicted octanol–water partition coefficient (Wildman–Crippen LogP) is 2.85. The molecule has 0 spiro atoms. The van der Waals surface area contributed by atoms with E-state index in [4.69, 9.17) is 4.99 Å². The lowest BCUT2D eigenvalue weighted by Gasteiger charge is -2.40. The summed E-state index contributed by atoms with van der Waals surface area (Å²) < 4.78 is 0. The molecule has 1 aliphatic rings. The third kappa shape index (κ3) is 6.77. The lowest BCUT2D eigenvalue weighted by Crippen LogP contribution is -2.55. The van der Waals surface area contributed by atoms with Gasteiger partial charge in [-0.15, -0.1) is 11.3 Å². The number of rotatable bonds is 8. The summed E-state index contributed by atoms with van der Waals surface area (Å²) in [7, 11) is 2.21. The Hall–Kier alpha value is -1.11. The van der Waals surface area contributed by atoms with Crippen molar-refractivity contribution in [1.82, 2.24) is 20.4 Å². The van der Waals surface area contributed by atoms with Crippen LogP contribution in [0.15, 0.2) is 22.5 Å². The number of hydrogen-bond donors (Lipinski definition) is 2. The molecule has 0 aromatic carbocycles. The first kappa shape index (κ1) is 22.2. The molecule has 5 nitrogen and oxygen atoms in total. The van der Waals surface area contributed by atoms with E-state index in [1.165, 1.54) is 4.88 Å². The maximum absolute atomic E-state index is 4.90. The minimum Gasteiger partial charge on any atom is -0.357 e. The number of likely N-dealkylation sites (N-methyl/N-ethyl adjacent to an activating group) is 1. The monoisotopic (exact) mass is 393 g/mol. The smallest absolute Gasteiger partial charge is 0.191 e. The van der Waals surface area contributed by atoms with E-state index < -0.39 is 0 Å². The van der Waals surface area contributed by atoms with Crippen LogP contribution in [0.1, 0.15) is 39.5 Å². The number of nitrogens with zero attached hydrogens (tertiary/aromatic N) is 3. The summed E-state index contributed by atoms with van der Waals surface area (Å²) in [5.41, 5.74) is 0.0609. The topological polar surface area (TPSA) is 42.9 Å². The summed E-state index contributed by atoms with van der Waals surface area (Å²) in [5.74, 6) is 1.55. The van der Waals surface area contributed by atoms with Gasteiger partial charge >= 0.3 is 0 Å². The van der Waals surface area contributed by atoms with Crippen molar-refractivity contribution >= 4 is 17.3 Å². The summed E-state index contributed by atoms with van der Waals surface area (Å²) in [6.07, 6.45) is 0. The van der Waals surface area contributed by atoms with Crippen molar-refractivity contribution in [3.05, 3.63) is 22.4 Å². The van der Waals surface area contributed by atoms with Crippen molar-refractivity contribution in [2.45, 2.75) is 46.1 Å². The Morgan fingerprint density at radius 2 is 1.93 bits per heavy atom. The second kappa shape index (κ2) is 10.4. The van der Waals surface area contributed by atoms with Crippen LogP contribution in [-0.2, 0) is 5.41 Å². The van der Waals surface area contributed by atoms with Gasteiger partial charge < -0.3 is 15.5 Å². The van der Waals surface area contributed by atoms with Crippen molar-refractivity contribution in [3.8, 4) is 0 Å². The summed E-state index contributed by atoms with van der Waals surface area (Å²) in [6, 6.07) is 4.87. The molecule has 2 rings (SSSR count). The first-order valence-electron chi connectivity index (χ1n) is 10.3. The number of nitrogens with one attached hydrogen (secondary N) is 2. The average Bonchev–Trinajstić information content (AvgIpc) is 3.16. The highest BCUT2D eigenvalue weighted by Crippen LogP contribution is 2.27. The average molecular weight is 394 g/mol. The molecular formula is C21H39N5S. The molecular weight excluding hydrogens is 354 g/mol. The molecule has 0 bridgehead atoms. The zero-order valence-electron chi connectivity index (χ0n) is 18.1. The molecule has 6 heteroatoms. The van der Waals surface area contributed by atoms with Crippen molar-refractivity contribution < 1.29 is 0 Å². The molecule has 2 N–H and O–H groups in total. The molecule has 0 radical (unpaired) electrons. The van der Waals surface area contributed by atoms with Gasteiger partial charge in [-0.1, -0.05) is 33.8 Å². The molecule has 0 aliphatic carbocycles. The van der Waals surface area contributed by atoms with E-state index in [9.17, 15) is 0 Å². The van der Waals surface area contributed by atoms with Crippen molar-refractivity contribution in [3.63, 3.8) is 0 Å². The third-order valence-electron chi connectivity index (χ3n) is 5.42. The van der Waals surface area contributed by atoms with Gasteiger partial charge in [0.15, 0.2) is 5.96 Å². The molecule has 1 unspecified atom stereocenters. The zero-order valence-corrected chi connectivity index (χ0v) is 18.9. The number of piperazine rings is 1. The van der Waals surface area contributed by atoms with E-state index in [0.29, 0.717) is 12.0 Å². The first-order valence-corrected chi connectivity index (χ1v) is 11.2. The van der Waals surface area contributed by atoms with Gasteiger partial charge in [0.2, 0.25) is 0 Å². The van der Waals surface area contributed by atoms with E-state index in [-0.39, 0.29) is 5.41 Å². The van der Waals surface area contributed by atoms with Crippen LogP contribution < -0.4 is 10.6 Å². The van der Waals surface area contributed by atoms with Gasteiger partial charge in [0.25, 0.3) is 0 Å². The maximum atomic E-state index is 4.90. The molecule has 1 fully saturated rings. The Kier molecular flexibility index (Phi) is 8.58. The van der Waals surface area contributed by atoms with E-state index in [1.807, 2.05) is 11.3 Å². The zero-order chi connectivity index (χ0) is 19.9. The van der Waals surface area contributed by atoms with E-state index in [1.54, 1.807) is 0 Å². The van der Waals surface area contributed by atoms with E-state index in [2.05, 4.69) is 79.6 Å². The molecule has 154 valence electrons. The van der Waals surface area contributed by atoms with Crippen LogP contribution >= 0.6 is 11.3 Å². The van der Waals surface area contributed by atoms with E-state index in [0.717, 1.165) is 51.8 Å². The van der Waals surface area contributed by atoms with Crippen LogP contribution in [0, 0.1) is 5.92 Å². The molecule has 0 saturated carbocycles. The number of hydrogen-bond acceptors (Lipinski definition) is 4. The number of aliphatic imine (C=N–C) groups is 1. The lowest BCUT2D eigenvalue weighted by molar-refractivity contribution is 0.0900. The van der Waals surface area contributed by atoms with Crippen LogP contribution in [0.2, 0.25) is 0 Å². The third-order valence-corrected chi connectivity index (χ3v) is 6.66. The summed E-state index contributed by atoms with van der Waals surface area (Å²) >= 11 is 1.82. The van der Waals surface area contributed by atoms with Gasteiger partial charge in [-0.25, -0.2) is 0 Å². The van der Waals surface area contributed by atoms with Crippen LogP contribution in [0.5, 0.6) is 0 Å². The fourth-order valence-electron chi connectivity index (χ4n) is 3.50. The van der Waals surface area contributed by atoms with Crippen LogP contribution in [0.4, 0.5) is 0 Å². The Labute approximate surface area is 170 Å². The first-order chi connectivity index (χ1) is 12.8. The fourth-order valence-corrected chi connectivity index (χ4v) is 4.35. The quantitative estimate of drug-likeness (QED) is 0.526. The predicted molar refractivity (Wildman–Crippen MR) is 119 cm³/mol. The normalized spacial score (nSPS) is 18.7. The Balaban J connectivity index is 1.97. The molecule has 0 amide bonds. The van der Waals surface area contributed by atoms with Gasteiger partial charge in [0.05, 0.1) is 6.54 Å². The minimum absolute atomic E-state index is 0.0609. The highest BCUT2D eigenvalue weighted by Gasteiger charge is 2.25. The van der Waals surface area contributed by atoms with Crippen molar-refractivity contribution in [2.24, 2.45) is 10.9 Å². The highest BCUT2D eigenvalue weighted by atomic mass is 32.1. The fraction of sp³-hybridized carbons (Fsp3) is 0.762. The highest BCUT2D eigenvalue weighted by molar-refractivity contribution is 7.10. The summed E-state index contributed by atoms with van der Waals surface area (Å²) in [6.45, 7) is 18.5. The number of thiophene rings is 1. The second-order valence-electron chi connectivity index (χ2n) is 8.59. The van der Waals surface area contributed by atoms with Crippen molar-refractivity contribution in [1.29, 1.82) is 0 Å². The van der Waals surface area contributed by atoms with E-state index >= 15 is 0 Å². The van der Waals surface area contributed by atoms with Crippen LogP contribution in [0.3, 0.4) is 0 Å². The second-order valence-corrected chi connectivity index (χ2v) is 9.54. The molecule has 1 aromatic rings. The Morgan fingerprint density at radius 3 is 2.48 bits per heavy atom. The van der Waals surface area contributed by atoms with Crippen LogP contribution in [0.25, 0.3) is 0 Å². The van der Waals surface area contributed by atoms with Crippen molar-refractivity contribution in [2.75, 3.05) is 52.9 Å². The lowest BCUT2D eigenvalue weighted by atomic mass is 9.92. The SMILES string of the molecule is CCNC(=NCC(C)(C)c1cccs1)NCC(C(C)C)N1CCN(C)CC1. The molecule has 27 heavy (non-hydrogen) atoms. The van der Waals surface area contributed by atoms with Gasteiger partial charge in [0.1, 0.15) is 0 Å². The Morgan fingerprint density at radius 1 is 1.22 bits per heavy atom. The van der Waals surface area contributed by atoms with Gasteiger partial charge in [0, 0.05) is 55.6 Å². The molecule has 1 saturated heterocycles. The largest absolute Gasteiger partial charge is 0.357 e. The van der Waals surface area contributed by atoms with Gasteiger partial charge in [-0.2, -0.15) is 0 Å². The summed E-state index contributed by atoms with van der Waals surface area (Å²) in [4.78, 5) is 11.3. The standard InChI is InChI=1S/C21H39N5S/c1-7-22-20(24-16-21(4,5)19-9-8-14-27-19)23-15-18(17(2)3)26-12-10-25(6)11-13-26/h8-9,14,17-18H,7,10-13,15-16H2,1-6H3,(H2,22,23,24). The minimum atomic E-state index is 0.0609. The molecule has 2 heterocycles. The molecule has 1 aromatic heterocycles. The molecule has 1 atom stereocenters. The maximum Gasteiger partial charge on any atom is 0.191 e. The summed E-state index contributed by atoms with van der Waals surface area (Å²) in [5, 5.41) is 9.18.